The van der Waals surface area contributed by atoms with Crippen molar-refractivity contribution >= 4 is 23.7 Å². The van der Waals surface area contributed by atoms with Crippen LogP contribution in [0.2, 0.25) is 0 Å². The Morgan fingerprint density at radius 2 is 0.938 bits per heavy atom. The van der Waals surface area contributed by atoms with Crippen LogP contribution in [-0.4, -0.2) is 22.8 Å². The second-order valence-electron chi connectivity index (χ2n) is 8.98. The largest absolute Gasteiger partial charge is 0.507 e. The van der Waals surface area contributed by atoms with E-state index >= 15 is 0 Å². The molecule has 0 atom stereocenters. The summed E-state index contributed by atoms with van der Waals surface area (Å²) >= 11 is 0. The lowest BCUT2D eigenvalue weighted by Gasteiger charge is -2.16. The van der Waals surface area contributed by atoms with Crippen molar-refractivity contribution in [1.29, 1.82) is 0 Å². The zero-order valence-electron chi connectivity index (χ0n) is 19.2. The van der Waals surface area contributed by atoms with Gasteiger partial charge in [-0.15, -0.1) is 0 Å². The number of phenolic OH excluding ortho intramolecular Hbond substituents is 2. The Morgan fingerprint density at radius 1 is 0.594 bits per heavy atom. The molecule has 0 fully saturated rings. The summed E-state index contributed by atoms with van der Waals surface area (Å²) in [4.78, 5) is 23.2. The Bertz CT molecular complexity index is 935. The summed E-state index contributed by atoms with van der Waals surface area (Å²) in [5, 5.41) is 21.5. The van der Waals surface area contributed by atoms with Crippen molar-refractivity contribution in [3.8, 4) is 11.5 Å². The van der Waals surface area contributed by atoms with E-state index in [9.17, 15) is 19.8 Å². The van der Waals surface area contributed by atoms with E-state index in [2.05, 4.69) is 0 Å². The maximum atomic E-state index is 11.6. The van der Waals surface area contributed by atoms with E-state index in [1.165, 1.54) is 25.7 Å². The Hall–Kier alpha value is -2.88. The molecule has 0 unspecified atom stereocenters. The maximum Gasteiger partial charge on any atom is 0.153 e. The van der Waals surface area contributed by atoms with E-state index in [1.54, 1.807) is 12.1 Å². The number of aryl methyl sites for hydroxylation is 2. The van der Waals surface area contributed by atoms with Crippen LogP contribution in [0.4, 0.5) is 0 Å². The summed E-state index contributed by atoms with van der Waals surface area (Å²) in [5.41, 5.74) is 5.37. The molecular formula is C28H34O4. The molecule has 0 aliphatic heterocycles. The molecule has 0 spiro atoms. The van der Waals surface area contributed by atoms with E-state index in [0.29, 0.717) is 23.7 Å². The molecule has 1 aliphatic rings. The number of aromatic hydroxyl groups is 2. The predicted octanol–water partition coefficient (Wildman–Crippen LogP) is 6.89. The van der Waals surface area contributed by atoms with Crippen molar-refractivity contribution in [2.75, 3.05) is 0 Å². The quantitative estimate of drug-likeness (QED) is 0.505. The summed E-state index contributed by atoms with van der Waals surface area (Å²) in [5.74, 6) is -0.0810. The highest BCUT2D eigenvalue weighted by molar-refractivity contribution is 5.96. The molecule has 0 amide bonds. The van der Waals surface area contributed by atoms with E-state index in [4.69, 9.17) is 0 Å². The number of allylic oxidation sites excluding steroid dienone is 2. The average Bonchev–Trinajstić information content (AvgIpc) is 2.80. The van der Waals surface area contributed by atoms with Crippen LogP contribution in [0.25, 0.3) is 11.1 Å². The number of phenols is 2. The third-order valence-corrected chi connectivity index (χ3v) is 6.70. The van der Waals surface area contributed by atoms with E-state index in [1.807, 2.05) is 26.0 Å². The fraction of sp³-hybridized carbons (Fsp3) is 0.429. The number of hydrogen-bond acceptors (Lipinski definition) is 4. The number of carbonyl (C=O) groups is 2. The Morgan fingerprint density at radius 3 is 1.28 bits per heavy atom. The van der Waals surface area contributed by atoms with Gasteiger partial charge in [-0.3, -0.25) is 9.59 Å². The Balaban J connectivity index is 2.14. The molecule has 32 heavy (non-hydrogen) atoms. The molecule has 4 heteroatoms. The first-order valence-electron chi connectivity index (χ1n) is 11.8. The zero-order valence-corrected chi connectivity index (χ0v) is 19.2. The highest BCUT2D eigenvalue weighted by Crippen LogP contribution is 2.38. The zero-order chi connectivity index (χ0) is 23.1. The third kappa shape index (κ3) is 5.48. The monoisotopic (exact) mass is 434 g/mol. The van der Waals surface area contributed by atoms with Crippen LogP contribution in [0.1, 0.15) is 108 Å². The number of fused-ring (bicyclic) bond motifs is 4. The minimum absolute atomic E-state index is 0.0405. The van der Waals surface area contributed by atoms with E-state index in [-0.39, 0.29) is 22.6 Å². The van der Waals surface area contributed by atoms with Gasteiger partial charge in [0.25, 0.3) is 0 Å². The predicted molar refractivity (Wildman–Crippen MR) is 129 cm³/mol. The van der Waals surface area contributed by atoms with Crippen molar-refractivity contribution < 1.29 is 19.8 Å². The molecular weight excluding hydrogens is 400 g/mol. The lowest BCUT2D eigenvalue weighted by molar-refractivity contribution is 0.111. The van der Waals surface area contributed by atoms with Gasteiger partial charge in [-0.05, 0) is 86.1 Å². The summed E-state index contributed by atoms with van der Waals surface area (Å²) in [6, 6.07) is 7.45. The standard InChI is InChI=1S/C28H34O4/c1-19-20(2)26-16-22(14-24(18-30)28(26)32)12-10-8-6-4-3-5-7-9-11-21-13-23(17-29)27(31)25(19)15-21/h13-18,31-32H,3-12H2,1-2H3/b20-19-. The molecule has 0 saturated heterocycles. The first kappa shape index (κ1) is 23.8. The molecule has 1 aliphatic carbocycles. The van der Waals surface area contributed by atoms with Gasteiger partial charge in [-0.1, -0.05) is 38.5 Å². The van der Waals surface area contributed by atoms with Crippen LogP contribution >= 0.6 is 0 Å². The van der Waals surface area contributed by atoms with Crippen LogP contribution < -0.4 is 0 Å². The van der Waals surface area contributed by atoms with Crippen molar-refractivity contribution in [2.24, 2.45) is 0 Å². The highest BCUT2D eigenvalue weighted by Gasteiger charge is 2.17. The van der Waals surface area contributed by atoms with Gasteiger partial charge >= 0.3 is 0 Å². The van der Waals surface area contributed by atoms with Gasteiger partial charge in [0.15, 0.2) is 12.6 Å². The molecule has 4 bridgehead atoms. The molecule has 3 rings (SSSR count). The van der Waals surface area contributed by atoms with Crippen molar-refractivity contribution in [1.82, 2.24) is 0 Å². The van der Waals surface area contributed by atoms with Gasteiger partial charge in [0.05, 0.1) is 11.1 Å². The summed E-state index contributed by atoms with van der Waals surface area (Å²) in [6.07, 6.45) is 12.4. The number of carbonyl (C=O) groups excluding carboxylic acids is 2. The fourth-order valence-corrected chi connectivity index (χ4v) is 4.60. The van der Waals surface area contributed by atoms with Gasteiger partial charge in [0.2, 0.25) is 0 Å². The van der Waals surface area contributed by atoms with Crippen LogP contribution in [0.5, 0.6) is 11.5 Å². The van der Waals surface area contributed by atoms with Crippen LogP contribution in [0.3, 0.4) is 0 Å². The highest BCUT2D eigenvalue weighted by atomic mass is 16.3. The number of benzene rings is 2. The van der Waals surface area contributed by atoms with E-state index < -0.39 is 0 Å². The fourth-order valence-electron chi connectivity index (χ4n) is 4.60. The molecule has 0 aromatic heterocycles. The number of rotatable bonds is 2. The lowest BCUT2D eigenvalue weighted by Crippen LogP contribution is -1.98. The smallest absolute Gasteiger partial charge is 0.153 e. The third-order valence-electron chi connectivity index (χ3n) is 6.70. The summed E-state index contributed by atoms with van der Waals surface area (Å²) < 4.78 is 0. The Kier molecular flexibility index (Phi) is 8.26. The number of hydrogen-bond donors (Lipinski definition) is 2. The molecule has 170 valence electrons. The second kappa shape index (κ2) is 11.1. The molecule has 2 aromatic carbocycles. The van der Waals surface area contributed by atoms with Crippen molar-refractivity contribution in [3.05, 3.63) is 57.6 Å². The van der Waals surface area contributed by atoms with Crippen molar-refractivity contribution in [3.63, 3.8) is 0 Å². The SMILES string of the molecule is C/C1=C(\C)c2cc(cc(C=O)c2O)CCCCCCCCCCc2cc(C=O)c(O)c1c2. The average molecular weight is 435 g/mol. The van der Waals surface area contributed by atoms with Crippen LogP contribution in [0, 0.1) is 0 Å². The normalized spacial score (nSPS) is 18.4. The first-order valence-corrected chi connectivity index (χ1v) is 11.8. The molecule has 0 heterocycles. The molecule has 0 saturated carbocycles. The van der Waals surface area contributed by atoms with Gasteiger partial charge in [-0.25, -0.2) is 0 Å². The lowest BCUT2D eigenvalue weighted by atomic mass is 9.90. The first-order chi connectivity index (χ1) is 15.5. The van der Waals surface area contributed by atoms with Crippen LogP contribution in [-0.2, 0) is 12.8 Å². The topological polar surface area (TPSA) is 74.6 Å². The second-order valence-corrected chi connectivity index (χ2v) is 8.98. The van der Waals surface area contributed by atoms with Gasteiger partial charge in [0, 0.05) is 11.1 Å². The number of aldehydes is 2. The Labute approximate surface area is 191 Å². The van der Waals surface area contributed by atoms with Gasteiger partial charge < -0.3 is 10.2 Å². The minimum Gasteiger partial charge on any atom is -0.507 e. The maximum absolute atomic E-state index is 11.6. The van der Waals surface area contributed by atoms with E-state index in [0.717, 1.165) is 60.8 Å². The van der Waals surface area contributed by atoms with Crippen molar-refractivity contribution in [2.45, 2.75) is 78.1 Å². The minimum atomic E-state index is -0.0405. The summed E-state index contributed by atoms with van der Waals surface area (Å²) in [7, 11) is 0. The van der Waals surface area contributed by atoms with Crippen LogP contribution in [0.15, 0.2) is 24.3 Å². The molecule has 2 aromatic rings. The molecule has 4 nitrogen and oxygen atoms in total. The van der Waals surface area contributed by atoms with Gasteiger partial charge in [0.1, 0.15) is 11.5 Å². The molecule has 0 radical (unpaired) electrons. The summed E-state index contributed by atoms with van der Waals surface area (Å²) in [6.45, 7) is 3.77. The molecule has 2 N–H and O–H groups in total. The van der Waals surface area contributed by atoms with Gasteiger partial charge in [-0.2, -0.15) is 0 Å².